The zero-order chi connectivity index (χ0) is 14.6. The number of hydrogen-bond acceptors (Lipinski definition) is 2. The van der Waals surface area contributed by atoms with Crippen LogP contribution in [-0.2, 0) is 16.0 Å². The minimum Gasteiger partial charge on any atom is -0.481 e. The third-order valence-electron chi connectivity index (χ3n) is 2.90. The Bertz CT molecular complexity index is 497. The smallest absolute Gasteiger partial charge is 0.309 e. The summed E-state index contributed by atoms with van der Waals surface area (Å²) in [5.74, 6) is -1.87. The highest BCUT2D eigenvalue weighted by molar-refractivity contribution is 5.94. The lowest BCUT2D eigenvalue weighted by molar-refractivity contribution is -0.148. The molecule has 0 saturated carbocycles. The molecule has 0 spiro atoms. The number of rotatable bonds is 5. The van der Waals surface area contributed by atoms with Crippen LogP contribution in [0.5, 0.6) is 0 Å². The van der Waals surface area contributed by atoms with E-state index in [9.17, 15) is 14.0 Å². The van der Waals surface area contributed by atoms with Gasteiger partial charge in [0.1, 0.15) is 5.82 Å². The summed E-state index contributed by atoms with van der Waals surface area (Å²) in [6.45, 7) is 4.78. The molecular weight excluding hydrogens is 249 g/mol. The lowest BCUT2D eigenvalue weighted by atomic mass is 9.89. The predicted molar refractivity (Wildman–Crippen MR) is 70.4 cm³/mol. The molecule has 1 aromatic rings. The highest BCUT2D eigenvalue weighted by atomic mass is 19.1. The highest BCUT2D eigenvalue weighted by Gasteiger charge is 2.30. The van der Waals surface area contributed by atoms with Crippen molar-refractivity contribution < 1.29 is 19.1 Å². The van der Waals surface area contributed by atoms with Gasteiger partial charge in [-0.1, -0.05) is 13.0 Å². The summed E-state index contributed by atoms with van der Waals surface area (Å²) >= 11 is 0. The maximum absolute atomic E-state index is 13.5. The van der Waals surface area contributed by atoms with E-state index >= 15 is 0 Å². The van der Waals surface area contributed by atoms with Gasteiger partial charge in [-0.25, -0.2) is 4.39 Å². The van der Waals surface area contributed by atoms with Gasteiger partial charge in [0, 0.05) is 12.1 Å². The monoisotopic (exact) mass is 267 g/mol. The van der Waals surface area contributed by atoms with E-state index in [4.69, 9.17) is 5.11 Å². The van der Waals surface area contributed by atoms with Crippen LogP contribution in [0.2, 0.25) is 0 Å². The van der Waals surface area contributed by atoms with Gasteiger partial charge in [0.15, 0.2) is 0 Å². The van der Waals surface area contributed by atoms with Gasteiger partial charge in [-0.3, -0.25) is 9.59 Å². The van der Waals surface area contributed by atoms with Crippen molar-refractivity contribution in [2.75, 3.05) is 5.32 Å². The molecule has 0 aliphatic carbocycles. The Morgan fingerprint density at radius 3 is 2.47 bits per heavy atom. The van der Waals surface area contributed by atoms with Gasteiger partial charge >= 0.3 is 5.97 Å². The molecule has 1 rings (SSSR count). The number of benzene rings is 1. The molecule has 19 heavy (non-hydrogen) atoms. The van der Waals surface area contributed by atoms with Gasteiger partial charge in [-0.15, -0.1) is 0 Å². The molecule has 0 saturated heterocycles. The number of carbonyl (C=O) groups is 2. The summed E-state index contributed by atoms with van der Waals surface area (Å²) in [4.78, 5) is 22.6. The largest absolute Gasteiger partial charge is 0.481 e. The van der Waals surface area contributed by atoms with Crippen molar-refractivity contribution in [2.24, 2.45) is 5.41 Å². The van der Waals surface area contributed by atoms with Gasteiger partial charge in [0.05, 0.1) is 5.41 Å². The van der Waals surface area contributed by atoms with E-state index in [1.807, 2.05) is 6.92 Å². The van der Waals surface area contributed by atoms with Gasteiger partial charge in [0.2, 0.25) is 5.91 Å². The van der Waals surface area contributed by atoms with Crippen LogP contribution in [0, 0.1) is 11.2 Å². The summed E-state index contributed by atoms with van der Waals surface area (Å²) in [7, 11) is 0. The lowest BCUT2D eigenvalue weighted by Crippen LogP contribution is -2.29. The number of nitrogens with one attached hydrogen (secondary N) is 1. The molecule has 0 atom stereocenters. The van der Waals surface area contributed by atoms with Gasteiger partial charge in [0.25, 0.3) is 0 Å². The number of aryl methyl sites for hydroxylation is 1. The SMILES string of the molecule is CCc1ccc(NC(=O)CC(C)(C)C(=O)O)cc1F. The zero-order valence-corrected chi connectivity index (χ0v) is 11.3. The van der Waals surface area contributed by atoms with E-state index in [-0.39, 0.29) is 12.2 Å². The maximum Gasteiger partial charge on any atom is 0.309 e. The quantitative estimate of drug-likeness (QED) is 0.862. The Morgan fingerprint density at radius 2 is 2.00 bits per heavy atom. The topological polar surface area (TPSA) is 66.4 Å². The molecule has 4 nitrogen and oxygen atoms in total. The Hall–Kier alpha value is -1.91. The first kappa shape index (κ1) is 15.1. The summed E-state index contributed by atoms with van der Waals surface area (Å²) in [6.07, 6.45) is 0.408. The van der Waals surface area contributed by atoms with E-state index in [0.29, 0.717) is 17.7 Å². The second-order valence-electron chi connectivity index (χ2n) is 5.07. The van der Waals surface area contributed by atoms with E-state index in [1.165, 1.54) is 19.9 Å². The van der Waals surface area contributed by atoms with Crippen molar-refractivity contribution >= 4 is 17.6 Å². The van der Waals surface area contributed by atoms with Crippen LogP contribution in [0.3, 0.4) is 0 Å². The summed E-state index contributed by atoms with van der Waals surface area (Å²) < 4.78 is 13.5. The summed E-state index contributed by atoms with van der Waals surface area (Å²) in [6, 6.07) is 4.45. The van der Waals surface area contributed by atoms with E-state index in [2.05, 4.69) is 5.32 Å². The average molecular weight is 267 g/mol. The van der Waals surface area contributed by atoms with Crippen LogP contribution in [0.25, 0.3) is 0 Å². The second-order valence-corrected chi connectivity index (χ2v) is 5.07. The fourth-order valence-corrected chi connectivity index (χ4v) is 1.59. The number of halogens is 1. The number of carbonyl (C=O) groups excluding carboxylic acids is 1. The molecule has 0 unspecified atom stereocenters. The first-order chi connectivity index (χ1) is 8.76. The maximum atomic E-state index is 13.5. The highest BCUT2D eigenvalue weighted by Crippen LogP contribution is 2.22. The molecule has 104 valence electrons. The van der Waals surface area contributed by atoms with Gasteiger partial charge in [-0.2, -0.15) is 0 Å². The number of carboxylic acids is 1. The summed E-state index contributed by atoms with van der Waals surface area (Å²) in [5.41, 5.74) is -0.240. The number of anilines is 1. The lowest BCUT2D eigenvalue weighted by Gasteiger charge is -2.18. The first-order valence-electron chi connectivity index (χ1n) is 6.08. The molecule has 0 fully saturated rings. The first-order valence-corrected chi connectivity index (χ1v) is 6.08. The number of aliphatic carboxylic acids is 1. The standard InChI is InChI=1S/C14H18FNO3/c1-4-9-5-6-10(7-11(9)15)16-12(17)8-14(2,3)13(18)19/h5-7H,4,8H2,1-3H3,(H,16,17)(H,18,19). The summed E-state index contributed by atoms with van der Waals surface area (Å²) in [5, 5.41) is 11.4. The Kier molecular flexibility index (Phi) is 4.64. The fourth-order valence-electron chi connectivity index (χ4n) is 1.59. The molecular formula is C14H18FNO3. The van der Waals surface area contributed by atoms with Crippen molar-refractivity contribution in [3.63, 3.8) is 0 Å². The minimum atomic E-state index is -1.15. The molecule has 0 radical (unpaired) electrons. The molecule has 0 aliphatic heterocycles. The van der Waals surface area contributed by atoms with Crippen molar-refractivity contribution in [3.8, 4) is 0 Å². The van der Waals surface area contributed by atoms with E-state index in [1.54, 1.807) is 12.1 Å². The predicted octanol–water partition coefficient (Wildman–Crippen LogP) is 2.83. The Morgan fingerprint density at radius 1 is 1.37 bits per heavy atom. The van der Waals surface area contributed by atoms with Gasteiger partial charge < -0.3 is 10.4 Å². The van der Waals surface area contributed by atoms with Crippen molar-refractivity contribution in [1.82, 2.24) is 0 Å². The second kappa shape index (κ2) is 5.82. The molecule has 0 heterocycles. The molecule has 2 N–H and O–H groups in total. The Labute approximate surface area is 111 Å². The molecule has 0 bridgehead atoms. The molecule has 1 aromatic carbocycles. The molecule has 5 heteroatoms. The zero-order valence-electron chi connectivity index (χ0n) is 11.3. The molecule has 0 aliphatic rings. The third kappa shape index (κ3) is 4.05. The van der Waals surface area contributed by atoms with Crippen LogP contribution < -0.4 is 5.32 Å². The van der Waals surface area contributed by atoms with Crippen molar-refractivity contribution in [1.29, 1.82) is 0 Å². The molecule has 1 amide bonds. The third-order valence-corrected chi connectivity index (χ3v) is 2.90. The minimum absolute atomic E-state index is 0.167. The Balaban J connectivity index is 2.73. The average Bonchev–Trinajstić information content (AvgIpc) is 2.28. The van der Waals surface area contributed by atoms with Crippen LogP contribution >= 0.6 is 0 Å². The van der Waals surface area contributed by atoms with Crippen LogP contribution in [0.1, 0.15) is 32.8 Å². The van der Waals surface area contributed by atoms with Crippen LogP contribution in [0.15, 0.2) is 18.2 Å². The van der Waals surface area contributed by atoms with Crippen molar-refractivity contribution in [3.05, 3.63) is 29.6 Å². The van der Waals surface area contributed by atoms with Gasteiger partial charge in [-0.05, 0) is 38.0 Å². The number of amides is 1. The van der Waals surface area contributed by atoms with E-state index < -0.39 is 17.3 Å². The van der Waals surface area contributed by atoms with E-state index in [0.717, 1.165) is 0 Å². The van der Waals surface area contributed by atoms with Crippen LogP contribution in [-0.4, -0.2) is 17.0 Å². The fraction of sp³-hybridized carbons (Fsp3) is 0.429. The molecule has 0 aromatic heterocycles. The number of hydrogen-bond donors (Lipinski definition) is 2. The van der Waals surface area contributed by atoms with Crippen LogP contribution in [0.4, 0.5) is 10.1 Å². The van der Waals surface area contributed by atoms with Crippen molar-refractivity contribution in [2.45, 2.75) is 33.6 Å². The number of carboxylic acid groups (broad SMARTS) is 1. The normalized spacial score (nSPS) is 11.2.